The summed E-state index contributed by atoms with van der Waals surface area (Å²) in [6.07, 6.45) is 16.0. The minimum absolute atomic E-state index is 0.166. The summed E-state index contributed by atoms with van der Waals surface area (Å²) in [5.74, 6) is -20.1. The van der Waals surface area contributed by atoms with E-state index in [0.29, 0.717) is 42.4 Å². The van der Waals surface area contributed by atoms with E-state index >= 15 is 0 Å². The van der Waals surface area contributed by atoms with Crippen LogP contribution < -0.4 is 0 Å². The number of aliphatic hydroxyl groups is 3. The molecule has 24 heteroatoms. The number of aliphatic hydroxyl groups excluding tert-OH is 3. The van der Waals surface area contributed by atoms with Crippen LogP contribution in [0.1, 0.15) is 126 Å². The summed E-state index contributed by atoms with van der Waals surface area (Å²) in [6, 6.07) is 0. The molecule has 6 aliphatic heterocycles. The summed E-state index contributed by atoms with van der Waals surface area (Å²) in [6.45, 7) is 11.5. The summed E-state index contributed by atoms with van der Waals surface area (Å²) < 4.78 is 66.3. The van der Waals surface area contributed by atoms with Crippen LogP contribution in [0.4, 0.5) is 0 Å². The third-order valence-electron chi connectivity index (χ3n) is 14.2. The molecule has 82 heavy (non-hydrogen) atoms. The molecular formula is C58H60O24. The number of hydrogen-bond acceptors (Lipinski definition) is 24. The lowest BCUT2D eigenvalue weighted by molar-refractivity contribution is -0.297. The standard InChI is InChI=1S/C58H60O24/c1-8-22-53(6)71-41(59)35(42(60)72-53)16-10-32(3)12-18-37-45(63)75-55(76-46(37)64)24-28-57(29-25-55)79-49(67)39(50(68)80-57)20-14-34(5)15-21-40-51(69)81-58(82-52(40)70)30-26-56(27-31-58)77-47(65)38(48(66)78-56)19-13-33(4)11-17-36-43(61)73-54(7,23-9-2)74-44(36)62/h10-21,59,61,67H,8-9,22-31H2,1-7H3/b16-10+,17-11?,20-14+,32-12+,33-13?,34-15+,37-18?,38-19?,40-21?. The van der Waals surface area contributed by atoms with E-state index in [0.717, 1.165) is 6.08 Å². The Morgan fingerprint density at radius 1 is 0.366 bits per heavy atom. The molecule has 0 aromatic carbocycles. The number of esters is 9. The van der Waals surface area contributed by atoms with Gasteiger partial charge in [-0.05, 0) is 70.1 Å². The minimum atomic E-state index is -1.76. The van der Waals surface area contributed by atoms with Crippen LogP contribution in [0.3, 0.4) is 0 Å². The van der Waals surface area contributed by atoms with E-state index in [1.54, 1.807) is 20.8 Å². The van der Waals surface area contributed by atoms with Gasteiger partial charge in [0, 0.05) is 78.1 Å². The number of allylic oxidation sites excluding steroid dienone is 12. The van der Waals surface area contributed by atoms with Gasteiger partial charge in [-0.3, -0.25) is 0 Å². The first-order valence-electron chi connectivity index (χ1n) is 26.3. The Balaban J connectivity index is 0.809. The van der Waals surface area contributed by atoms with Gasteiger partial charge < -0.3 is 72.2 Å². The Kier molecular flexibility index (Phi) is 16.4. The zero-order valence-corrected chi connectivity index (χ0v) is 45.8. The molecular weight excluding hydrogens is 1080 g/mol. The van der Waals surface area contributed by atoms with E-state index < -0.39 is 123 Å². The van der Waals surface area contributed by atoms with Crippen LogP contribution in [0.25, 0.3) is 0 Å². The van der Waals surface area contributed by atoms with Crippen molar-refractivity contribution >= 4 is 53.7 Å². The average molecular weight is 1140 g/mol. The molecule has 2 saturated carbocycles. The van der Waals surface area contributed by atoms with Gasteiger partial charge in [0.15, 0.2) is 0 Å². The van der Waals surface area contributed by atoms with Crippen LogP contribution >= 0.6 is 0 Å². The highest BCUT2D eigenvalue weighted by Gasteiger charge is 2.58. The van der Waals surface area contributed by atoms with Gasteiger partial charge in [0.1, 0.15) is 33.4 Å². The molecule has 2 atom stereocenters. The zero-order chi connectivity index (χ0) is 59.6. The van der Waals surface area contributed by atoms with Gasteiger partial charge in [0.05, 0.1) is 0 Å². The maximum absolute atomic E-state index is 13.3. The fourth-order valence-corrected chi connectivity index (χ4v) is 9.69. The first kappa shape index (κ1) is 59.0. The molecule has 3 saturated heterocycles. The van der Waals surface area contributed by atoms with Gasteiger partial charge in [0.2, 0.25) is 0 Å². The van der Waals surface area contributed by atoms with Crippen LogP contribution in [0.15, 0.2) is 141 Å². The maximum Gasteiger partial charge on any atom is 0.348 e. The first-order valence-corrected chi connectivity index (χ1v) is 26.3. The molecule has 0 bridgehead atoms. The van der Waals surface area contributed by atoms with Crippen molar-refractivity contribution < 1.29 is 115 Å². The monoisotopic (exact) mass is 1140 g/mol. The number of carbonyl (C=O) groups excluding carboxylic acids is 9. The third kappa shape index (κ3) is 12.7. The van der Waals surface area contributed by atoms with Crippen molar-refractivity contribution in [3.63, 3.8) is 0 Å². The van der Waals surface area contributed by atoms with E-state index in [4.69, 9.17) is 56.8 Å². The Morgan fingerprint density at radius 2 is 0.598 bits per heavy atom. The second-order valence-electron chi connectivity index (χ2n) is 20.9. The van der Waals surface area contributed by atoms with Gasteiger partial charge in [-0.1, -0.05) is 67.0 Å². The SMILES string of the molecule is CCCC1(C)OC(=O)C(C=CC(C)=CC=C2C(=O)OC3(CCC4(CC3)OC(=O)C(=C/C=C(C)/C=C/C3=C(O)OC5(CCC6(CC5)OC(=O)C(=C/C=C(C)/C=C/C5=C(O)OC(C)(CCC)OC5=O)C(=O)O6)OC3=O)C(=O)O4)OC2=O)=C(O)O1. The first-order chi connectivity index (χ1) is 38.7. The quantitative estimate of drug-likeness (QED) is 0.0526. The summed E-state index contributed by atoms with van der Waals surface area (Å²) in [4.78, 5) is 117. The molecule has 0 radical (unpaired) electrons. The van der Waals surface area contributed by atoms with Crippen molar-refractivity contribution in [1.29, 1.82) is 0 Å². The van der Waals surface area contributed by atoms with E-state index in [-0.39, 0.29) is 68.1 Å². The molecule has 2 unspecified atom stereocenters. The number of hydrogen-bond donors (Lipinski definition) is 3. The molecule has 0 amide bonds. The van der Waals surface area contributed by atoms with Crippen molar-refractivity contribution in [2.24, 2.45) is 0 Å². The number of rotatable bonds is 13. The van der Waals surface area contributed by atoms with Crippen molar-refractivity contribution in [3.8, 4) is 0 Å². The predicted octanol–water partition coefficient (Wildman–Crippen LogP) is 7.57. The molecule has 24 nitrogen and oxygen atoms in total. The van der Waals surface area contributed by atoms with Gasteiger partial charge in [0.25, 0.3) is 52.6 Å². The molecule has 0 aromatic heterocycles. The van der Waals surface area contributed by atoms with Crippen LogP contribution in [-0.4, -0.2) is 104 Å². The highest BCUT2D eigenvalue weighted by molar-refractivity contribution is 6.17. The Hall–Kier alpha value is -9.09. The normalized spacial score (nSPS) is 31.1. The van der Waals surface area contributed by atoms with Crippen molar-refractivity contribution in [3.05, 3.63) is 141 Å². The summed E-state index contributed by atoms with van der Waals surface area (Å²) in [5.41, 5.74) is -0.943. The lowest BCUT2D eigenvalue weighted by Crippen LogP contribution is -2.56. The topological polar surface area (TPSA) is 325 Å². The smallest absolute Gasteiger partial charge is 0.348 e. The highest BCUT2D eigenvalue weighted by Crippen LogP contribution is 2.47. The van der Waals surface area contributed by atoms with Crippen LogP contribution in [0.5, 0.6) is 0 Å². The second-order valence-corrected chi connectivity index (χ2v) is 20.9. The fraction of sp³-hybridized carbons (Fsp3) is 0.431. The third-order valence-corrected chi connectivity index (χ3v) is 14.2. The maximum atomic E-state index is 13.3. The molecule has 0 aromatic rings. The van der Waals surface area contributed by atoms with E-state index in [2.05, 4.69) is 0 Å². The molecule has 5 fully saturated rings. The van der Waals surface area contributed by atoms with Crippen LogP contribution in [0.2, 0.25) is 0 Å². The highest BCUT2D eigenvalue weighted by atomic mass is 16.8. The number of ether oxygens (including phenoxy) is 12. The lowest BCUT2D eigenvalue weighted by Gasteiger charge is -2.46. The molecule has 6 heterocycles. The van der Waals surface area contributed by atoms with Gasteiger partial charge in [-0.2, -0.15) is 0 Å². The second kappa shape index (κ2) is 22.8. The Morgan fingerprint density at radius 3 is 0.841 bits per heavy atom. The lowest BCUT2D eigenvalue weighted by atomic mass is 9.87. The van der Waals surface area contributed by atoms with Gasteiger partial charge in [-0.15, -0.1) is 0 Å². The van der Waals surface area contributed by atoms with E-state index in [1.807, 2.05) is 13.8 Å². The Labute approximate surface area is 468 Å². The van der Waals surface area contributed by atoms with Crippen molar-refractivity contribution in [2.45, 2.75) is 160 Å². The van der Waals surface area contributed by atoms with Crippen LogP contribution in [0, 0.1) is 0 Å². The molecule has 4 spiro atoms. The number of cyclic esters (lactones) is 2. The van der Waals surface area contributed by atoms with E-state index in [9.17, 15) is 58.5 Å². The fourth-order valence-electron chi connectivity index (χ4n) is 9.69. The molecule has 3 N–H and O–H groups in total. The Bertz CT molecular complexity index is 3110. The van der Waals surface area contributed by atoms with Crippen LogP contribution in [-0.2, 0) is 100.0 Å². The summed E-state index contributed by atoms with van der Waals surface area (Å²) >= 11 is 0. The van der Waals surface area contributed by atoms with Gasteiger partial charge in [-0.25, -0.2) is 43.2 Å². The molecule has 8 rings (SSSR count). The van der Waals surface area contributed by atoms with E-state index in [1.165, 1.54) is 80.7 Å². The molecule has 8 aliphatic rings. The molecule has 436 valence electrons. The van der Waals surface area contributed by atoms with Crippen molar-refractivity contribution in [2.75, 3.05) is 0 Å². The summed E-state index contributed by atoms with van der Waals surface area (Å²) in [7, 11) is 0. The predicted molar refractivity (Wildman–Crippen MR) is 274 cm³/mol. The minimum Gasteiger partial charge on any atom is -0.480 e. The number of carbonyl (C=O) groups is 9. The average Bonchev–Trinajstić information content (AvgIpc) is 3.49. The van der Waals surface area contributed by atoms with Crippen molar-refractivity contribution in [1.82, 2.24) is 0 Å². The summed E-state index contributed by atoms with van der Waals surface area (Å²) in [5, 5.41) is 31.5. The molecule has 2 aliphatic carbocycles. The zero-order valence-electron chi connectivity index (χ0n) is 45.8. The van der Waals surface area contributed by atoms with Gasteiger partial charge >= 0.3 is 53.7 Å². The largest absolute Gasteiger partial charge is 0.480 e.